The smallest absolute Gasteiger partial charge is 0.180 e. The van der Waals surface area contributed by atoms with Crippen LogP contribution in [0.1, 0.15) is 158 Å². The van der Waals surface area contributed by atoms with Crippen molar-refractivity contribution in [2.45, 2.75) is 204 Å². The van der Waals surface area contributed by atoms with Gasteiger partial charge in [0.15, 0.2) is 23.6 Å². The number of rotatable bonds is 6. The summed E-state index contributed by atoms with van der Waals surface area (Å²) in [5.74, 6) is 6.44. The zero-order valence-corrected chi connectivity index (χ0v) is 74.2. The Morgan fingerprint density at radius 3 is 0.992 bits per heavy atom. The molecule has 6 spiro atoms. The van der Waals surface area contributed by atoms with Crippen LogP contribution >= 0.6 is 0 Å². The van der Waals surface area contributed by atoms with Crippen molar-refractivity contribution in [3.8, 4) is 67.0 Å². The number of fused-ring (bicyclic) bond motifs is 6. The van der Waals surface area contributed by atoms with Gasteiger partial charge in [0, 0.05) is 149 Å². The molecule has 127 heavy (non-hydrogen) atoms. The van der Waals surface area contributed by atoms with Gasteiger partial charge in [0.25, 0.3) is 0 Å². The molecule has 6 aliphatic heterocycles. The Balaban J connectivity index is 0.0000000994. The fraction of sp³-hybridized carbons (Fsp3) is 0.355. The van der Waals surface area contributed by atoms with Gasteiger partial charge >= 0.3 is 0 Å². The second-order valence-corrected chi connectivity index (χ2v) is 36.8. The molecule has 12 heterocycles. The van der Waals surface area contributed by atoms with E-state index < -0.39 is 0 Å². The molecular formula is C107H111N15O5. The highest BCUT2D eigenvalue weighted by atomic mass is 16.5. The third-order valence-corrected chi connectivity index (χ3v) is 27.9. The summed E-state index contributed by atoms with van der Waals surface area (Å²) in [6.45, 7) is 20.9. The maximum absolute atomic E-state index is 5.67. The molecule has 6 aromatic heterocycles. The van der Waals surface area contributed by atoms with Gasteiger partial charge in [-0.25, -0.2) is 39.9 Å². The first-order valence-corrected chi connectivity index (χ1v) is 45.1. The Morgan fingerprint density at radius 1 is 0.283 bits per heavy atom. The van der Waals surface area contributed by atoms with Crippen molar-refractivity contribution in [1.82, 2.24) is 45.5 Å². The Labute approximate surface area is 744 Å². The van der Waals surface area contributed by atoms with E-state index in [1.165, 1.54) is 128 Å². The number of hydrogen-bond donors (Lipinski definition) is 2. The molecule has 0 fully saturated rings. The minimum atomic E-state index is -0.0666. The molecule has 2 N–H and O–H groups in total. The topological polar surface area (TPSA) is 239 Å². The first kappa shape index (κ1) is 83.6. The fourth-order valence-electron chi connectivity index (χ4n) is 21.5. The molecule has 6 aromatic carbocycles. The number of hydrogen-bond acceptors (Lipinski definition) is 20. The van der Waals surface area contributed by atoms with Crippen molar-refractivity contribution >= 4 is 35.3 Å². The number of pyridine rings is 3. The lowest BCUT2D eigenvalue weighted by Gasteiger charge is -2.35. The van der Waals surface area contributed by atoms with Crippen molar-refractivity contribution in [3.63, 3.8) is 0 Å². The molecule has 644 valence electrons. The first-order valence-electron chi connectivity index (χ1n) is 45.1. The summed E-state index contributed by atoms with van der Waals surface area (Å²) in [6, 6.07) is 51.8. The molecule has 24 rings (SSSR count). The molecule has 20 heteroatoms. The average Bonchev–Trinajstić information content (AvgIpc) is 1.72. The van der Waals surface area contributed by atoms with Crippen LogP contribution in [-0.2, 0) is 96.0 Å². The molecule has 20 nitrogen and oxygen atoms in total. The van der Waals surface area contributed by atoms with Crippen molar-refractivity contribution in [3.05, 3.63) is 304 Å². The van der Waals surface area contributed by atoms with Crippen LogP contribution in [0, 0.1) is 13.8 Å². The summed E-state index contributed by atoms with van der Waals surface area (Å²) in [5, 5.41) is 7.19. The maximum Gasteiger partial charge on any atom is 0.180 e. The lowest BCUT2D eigenvalue weighted by Crippen LogP contribution is -2.49. The number of aliphatic imine (C=N–C) groups is 6. The second kappa shape index (κ2) is 35.5. The van der Waals surface area contributed by atoms with Gasteiger partial charge in [0.05, 0.1) is 42.1 Å². The van der Waals surface area contributed by atoms with Crippen molar-refractivity contribution in [1.29, 1.82) is 0 Å². The number of aryl methyl sites for hydroxylation is 6. The van der Waals surface area contributed by atoms with Gasteiger partial charge in [-0.15, -0.1) is 0 Å². The molecule has 0 amide bonds. The van der Waals surface area contributed by atoms with E-state index in [9.17, 15) is 0 Å². The van der Waals surface area contributed by atoms with Gasteiger partial charge in [0.1, 0.15) is 67.0 Å². The van der Waals surface area contributed by atoms with Crippen LogP contribution in [-0.4, -0.2) is 143 Å². The number of aromatic nitrogens is 7. The molecule has 12 aromatic rings. The van der Waals surface area contributed by atoms with Crippen LogP contribution < -0.4 is 10.6 Å². The summed E-state index contributed by atoms with van der Waals surface area (Å²) < 4.78 is 28.2. The summed E-state index contributed by atoms with van der Waals surface area (Å²) in [5.41, 5.74) is 33.3. The summed E-state index contributed by atoms with van der Waals surface area (Å²) in [6.07, 6.45) is 42.8. The highest BCUT2D eigenvalue weighted by Crippen LogP contribution is 2.47. The summed E-state index contributed by atoms with van der Waals surface area (Å²) >= 11 is 0. The molecule has 6 atom stereocenters. The Morgan fingerprint density at radius 2 is 0.638 bits per heavy atom. The lowest BCUT2D eigenvalue weighted by molar-refractivity contribution is 0.236. The lowest BCUT2D eigenvalue weighted by atomic mass is 9.76. The summed E-state index contributed by atoms with van der Waals surface area (Å²) in [4.78, 5) is 57.8. The monoisotopic (exact) mass is 1690 g/mol. The molecule has 0 unspecified atom stereocenters. The van der Waals surface area contributed by atoms with E-state index in [1.807, 2.05) is 108 Å². The van der Waals surface area contributed by atoms with Crippen molar-refractivity contribution in [2.75, 3.05) is 39.5 Å². The minimum Gasteiger partial charge on any atom is -0.479 e. The number of ether oxygens (including phenoxy) is 4. The minimum absolute atomic E-state index is 0.0462. The Kier molecular flexibility index (Phi) is 23.3. The standard InChI is InChI=1S/2C19H20N2O.C18H18N2O.C17H18N4.C17H17N3O.C17H18N2O/c2*1-13-7-9-20-11-18(13)16-5-3-4-15-6-8-19(10-17(15)16)12-22-14(2)21-19;1-13-20-18(12-21-13)8-7-14-4-2-6-16(17(14)10-18)15-5-3-9-19-11-15;1-12-20-10-17(21-12)6-5-16-13(7-17)3-2-4-15(16)14-8-18-11-19-9-14;1-12-20-17(10-21-12)6-5-13-3-2-4-15(16(13)7-17)14-8-18-11-19-9-14;1-12-18-11-17(19-12)8-7-14-13(10-17)4-2-5-15(14)16-6-3-9-20-16/h2*3-5,7,9,11H,6,8,10,12H2,1-2H3;2-6,9,11H,7-8,10,12H2,1H3;2-4,8-9,11H,5-7,10H2,1H3,(H,20,21);2-4,8-9,11H,5-7,10H2,1H3;2-6,9H,7-8,10-11H2,1H3,(H,18,19)/t2*19-;18-;3*17-/m101111/s1. The SMILES string of the molecule is CC1=NC[C@]2(CCc3c(cccc3-c3ccco3)C2)N1.CC1=NC[C@]2(CCc3c(cccc3-c3cncnc3)C2)N1.CC1=N[C@@]2(CCc3cccc(-c4cccnc4)c3C2)CO1.CC1=N[C@@]2(CCc3cccc(-c4cnccc4C)c3C2)CO1.CC1=N[C@@]2(CCc3cccc(-c4cncnc4)c3C2)CO1.CC1=N[C@]2(CCc3cccc(-c4cnccc4C)c3C2)CO1. The quantitative estimate of drug-likeness (QED) is 0.157. The first-order chi connectivity index (χ1) is 61.9. The van der Waals surface area contributed by atoms with Crippen LogP contribution in [0.15, 0.2) is 261 Å². The normalized spacial score (nSPS) is 23.5. The van der Waals surface area contributed by atoms with E-state index in [-0.39, 0.29) is 33.2 Å². The number of nitrogens with one attached hydrogen (secondary N) is 2. The second-order valence-electron chi connectivity index (χ2n) is 36.8. The number of furan rings is 1. The highest BCUT2D eigenvalue weighted by Gasteiger charge is 2.46. The van der Waals surface area contributed by atoms with Crippen LogP contribution in [0.5, 0.6) is 0 Å². The van der Waals surface area contributed by atoms with E-state index in [0.29, 0.717) is 6.61 Å². The van der Waals surface area contributed by atoms with Gasteiger partial charge in [-0.05, 0) is 254 Å². The highest BCUT2D eigenvalue weighted by molar-refractivity contribution is 5.84. The van der Waals surface area contributed by atoms with Gasteiger partial charge in [-0.3, -0.25) is 24.9 Å². The number of benzene rings is 6. The summed E-state index contributed by atoms with van der Waals surface area (Å²) in [7, 11) is 0. The van der Waals surface area contributed by atoms with Crippen molar-refractivity contribution < 1.29 is 23.4 Å². The molecule has 6 aliphatic carbocycles. The molecular weight excluding hydrogens is 1580 g/mol. The van der Waals surface area contributed by atoms with E-state index >= 15 is 0 Å². The largest absolute Gasteiger partial charge is 0.479 e. The number of nitrogens with zero attached hydrogens (tertiary/aromatic N) is 13. The van der Waals surface area contributed by atoms with Crippen LogP contribution in [0.2, 0.25) is 0 Å². The van der Waals surface area contributed by atoms with E-state index in [4.69, 9.17) is 43.3 Å². The van der Waals surface area contributed by atoms with E-state index in [0.717, 1.165) is 201 Å². The van der Waals surface area contributed by atoms with Gasteiger partial charge in [-0.2, -0.15) is 0 Å². The fourth-order valence-corrected chi connectivity index (χ4v) is 21.5. The van der Waals surface area contributed by atoms with E-state index in [1.54, 1.807) is 18.9 Å². The van der Waals surface area contributed by atoms with Crippen LogP contribution in [0.4, 0.5) is 0 Å². The van der Waals surface area contributed by atoms with Gasteiger partial charge in [-0.1, -0.05) is 115 Å². The zero-order valence-electron chi connectivity index (χ0n) is 74.2. The van der Waals surface area contributed by atoms with Crippen LogP contribution in [0.25, 0.3) is 67.0 Å². The maximum atomic E-state index is 5.67. The van der Waals surface area contributed by atoms with Crippen LogP contribution in [0.3, 0.4) is 0 Å². The zero-order chi connectivity index (χ0) is 86.8. The third kappa shape index (κ3) is 17.8. The number of amidine groups is 2. The third-order valence-electron chi connectivity index (χ3n) is 27.9. The molecule has 0 bridgehead atoms. The average molecular weight is 1690 g/mol. The molecule has 0 saturated heterocycles. The molecule has 12 aliphatic rings. The van der Waals surface area contributed by atoms with Gasteiger partial charge < -0.3 is 34.0 Å². The van der Waals surface area contributed by atoms with E-state index in [2.05, 4.69) is 211 Å². The van der Waals surface area contributed by atoms with Crippen molar-refractivity contribution in [2.24, 2.45) is 30.0 Å². The Bertz CT molecular complexity index is 6030. The predicted molar refractivity (Wildman–Crippen MR) is 505 cm³/mol. The predicted octanol–water partition coefficient (Wildman–Crippen LogP) is 19.3. The Hall–Kier alpha value is -13.0. The van der Waals surface area contributed by atoms with Gasteiger partial charge in [0.2, 0.25) is 0 Å². The molecule has 0 radical (unpaired) electrons. The molecule has 0 saturated carbocycles.